The first-order chi connectivity index (χ1) is 18.9. The Morgan fingerprint density at radius 2 is 1.85 bits per heavy atom. The van der Waals surface area contributed by atoms with Crippen LogP contribution >= 0.6 is 0 Å². The van der Waals surface area contributed by atoms with Crippen LogP contribution in [0.25, 0.3) is 11.3 Å². The molecule has 4 heterocycles. The van der Waals surface area contributed by atoms with Crippen molar-refractivity contribution in [2.45, 2.75) is 33.1 Å². The van der Waals surface area contributed by atoms with Crippen LogP contribution in [0.1, 0.15) is 28.5 Å². The van der Waals surface area contributed by atoms with Gasteiger partial charge in [-0.25, -0.2) is 27.2 Å². The van der Waals surface area contributed by atoms with Crippen molar-refractivity contribution in [2.24, 2.45) is 12.0 Å². The summed E-state index contributed by atoms with van der Waals surface area (Å²) in [7, 11) is -0.341. The fourth-order valence-corrected chi connectivity index (χ4v) is 4.95. The van der Waals surface area contributed by atoms with Crippen LogP contribution in [0.4, 0.5) is 31.5 Å². The second-order valence-corrected chi connectivity index (χ2v) is 11.7. The largest absolute Gasteiger partial charge is 0.352 e. The summed E-state index contributed by atoms with van der Waals surface area (Å²) in [6, 6.07) is 7.04. The van der Waals surface area contributed by atoms with Crippen molar-refractivity contribution in [2.75, 3.05) is 22.9 Å². The minimum atomic E-state index is -3.64. The molecule has 208 valence electrons. The highest BCUT2D eigenvalue weighted by atomic mass is 32.2. The van der Waals surface area contributed by atoms with Gasteiger partial charge >= 0.3 is 0 Å². The van der Waals surface area contributed by atoms with Crippen LogP contribution in [-0.4, -0.2) is 58.4 Å². The Morgan fingerprint density at radius 1 is 1.07 bits per heavy atom. The molecule has 1 N–H and O–H groups in total. The smallest absolute Gasteiger partial charge is 0.277 e. The molecule has 0 radical (unpaired) electrons. The van der Waals surface area contributed by atoms with Gasteiger partial charge in [-0.3, -0.25) is 19.3 Å². The molecule has 0 atom stereocenters. The zero-order valence-corrected chi connectivity index (χ0v) is 23.5. The first-order valence-electron chi connectivity index (χ1n) is 12.4. The molecule has 0 bridgehead atoms. The summed E-state index contributed by atoms with van der Waals surface area (Å²) in [6.45, 7) is 3.74. The number of aromatic nitrogens is 5. The number of alkyl halides is 2. The van der Waals surface area contributed by atoms with Crippen LogP contribution in [0.2, 0.25) is 0 Å². The highest BCUT2D eigenvalue weighted by Crippen LogP contribution is 2.40. The molecule has 0 spiro atoms. The molecule has 0 amide bonds. The van der Waals surface area contributed by atoms with Gasteiger partial charge in [0.2, 0.25) is 10.0 Å². The Hall–Kier alpha value is -4.26. The molecule has 4 aromatic rings. The lowest BCUT2D eigenvalue weighted by Crippen LogP contribution is -2.25. The molecule has 5 rings (SSSR count). The Kier molecular flexibility index (Phi) is 7.08. The maximum atomic E-state index is 13.6. The van der Waals surface area contributed by atoms with Crippen molar-refractivity contribution in [3.63, 3.8) is 0 Å². The van der Waals surface area contributed by atoms with Crippen LogP contribution in [0.15, 0.2) is 48.0 Å². The normalized spacial score (nSPS) is 12.9. The van der Waals surface area contributed by atoms with Crippen LogP contribution < -0.4 is 9.62 Å². The van der Waals surface area contributed by atoms with Crippen molar-refractivity contribution < 1.29 is 17.2 Å². The number of fused-ring (bicyclic) bond motifs is 1. The molecule has 0 unspecified atom stereocenters. The van der Waals surface area contributed by atoms with E-state index in [-0.39, 0.29) is 12.1 Å². The van der Waals surface area contributed by atoms with Gasteiger partial charge in [0.05, 0.1) is 70.0 Å². The van der Waals surface area contributed by atoms with Gasteiger partial charge in [-0.05, 0) is 32.0 Å². The van der Waals surface area contributed by atoms with Gasteiger partial charge in [0.1, 0.15) is 5.69 Å². The SMILES string of the molecule is Cc1ncc(Cc2cc(Nc3ccc(-c4cncn4C)cc3N(C)S(C)(=O)=O)c3c(n2)CC(C(F)F)=N3)nc1C. The quantitative estimate of drug-likeness (QED) is 0.333. The van der Waals surface area contributed by atoms with Crippen LogP contribution in [0.3, 0.4) is 0 Å². The molecule has 1 aliphatic heterocycles. The summed E-state index contributed by atoms with van der Waals surface area (Å²) in [5.74, 6) is 0. The standard InChI is InChI=1S/C27H28F2N8O2S/c1-15-16(2)32-19(12-31-15)9-18-10-21(26-22(33-18)11-23(35-26)27(28)29)34-20-7-6-17(25-13-30-14-36(25)3)8-24(20)37(4)40(5,38)39/h6-8,10,12-14,27H,9,11H2,1-5H3,(H,33,34). The lowest BCUT2D eigenvalue weighted by Gasteiger charge is -2.23. The zero-order chi connectivity index (χ0) is 28.8. The zero-order valence-electron chi connectivity index (χ0n) is 22.6. The first kappa shape index (κ1) is 27.3. The molecule has 1 aliphatic rings. The number of halogens is 2. The maximum absolute atomic E-state index is 13.6. The highest BCUT2D eigenvalue weighted by Gasteiger charge is 2.27. The van der Waals surface area contributed by atoms with Crippen molar-refractivity contribution in [1.82, 2.24) is 24.5 Å². The number of anilines is 3. The number of rotatable bonds is 8. The molecule has 0 aliphatic carbocycles. The molecule has 40 heavy (non-hydrogen) atoms. The fraction of sp³-hybridized carbons (Fsp3) is 0.296. The molecule has 0 saturated heterocycles. The number of hydrogen-bond donors (Lipinski definition) is 1. The second kappa shape index (κ2) is 10.4. The molecule has 13 heteroatoms. The van der Waals surface area contributed by atoms with Gasteiger partial charge in [0.15, 0.2) is 0 Å². The number of imidazole rings is 1. The number of nitrogens with zero attached hydrogens (tertiary/aromatic N) is 7. The van der Waals surface area contributed by atoms with E-state index in [0.717, 1.165) is 33.2 Å². The van der Waals surface area contributed by atoms with Crippen LogP contribution in [-0.2, 0) is 29.9 Å². The summed E-state index contributed by atoms with van der Waals surface area (Å²) in [4.78, 5) is 21.9. The predicted octanol–water partition coefficient (Wildman–Crippen LogP) is 4.51. The third-order valence-electron chi connectivity index (χ3n) is 6.79. The lowest BCUT2D eigenvalue weighted by molar-refractivity contribution is 0.224. The molecule has 0 saturated carbocycles. The van der Waals surface area contributed by atoms with E-state index in [1.807, 2.05) is 31.5 Å². The van der Waals surface area contributed by atoms with Crippen molar-refractivity contribution >= 4 is 38.5 Å². The monoisotopic (exact) mass is 566 g/mol. The number of pyridine rings is 1. The molecule has 0 fully saturated rings. The Labute approximate surface area is 230 Å². The predicted molar refractivity (Wildman–Crippen MR) is 151 cm³/mol. The second-order valence-electron chi connectivity index (χ2n) is 9.72. The van der Waals surface area contributed by atoms with Gasteiger partial charge in [-0.1, -0.05) is 6.07 Å². The van der Waals surface area contributed by atoms with E-state index in [2.05, 4.69) is 30.2 Å². The number of sulfonamides is 1. The van der Waals surface area contributed by atoms with Gasteiger partial charge in [-0.15, -0.1) is 0 Å². The maximum Gasteiger partial charge on any atom is 0.277 e. The Bertz CT molecular complexity index is 1750. The molecular weight excluding hydrogens is 538 g/mol. The van der Waals surface area contributed by atoms with Gasteiger partial charge in [0.25, 0.3) is 6.43 Å². The average molecular weight is 567 g/mol. The minimum absolute atomic E-state index is 0.0797. The number of aliphatic imine (C=N–C) groups is 1. The number of aryl methyl sites for hydroxylation is 3. The summed E-state index contributed by atoms with van der Waals surface area (Å²) in [5.41, 5.74) is 6.13. The number of benzene rings is 1. The first-order valence-corrected chi connectivity index (χ1v) is 14.2. The third-order valence-corrected chi connectivity index (χ3v) is 7.99. The fourth-order valence-electron chi connectivity index (χ4n) is 4.44. The van der Waals surface area contributed by atoms with E-state index in [9.17, 15) is 17.2 Å². The Morgan fingerprint density at radius 3 is 2.50 bits per heavy atom. The van der Waals surface area contributed by atoms with Gasteiger partial charge < -0.3 is 9.88 Å². The summed E-state index contributed by atoms with van der Waals surface area (Å²) >= 11 is 0. The van der Waals surface area contributed by atoms with E-state index in [1.54, 1.807) is 36.9 Å². The number of nitrogens with one attached hydrogen (secondary N) is 1. The van der Waals surface area contributed by atoms with E-state index >= 15 is 0 Å². The number of hydrogen-bond acceptors (Lipinski definition) is 8. The summed E-state index contributed by atoms with van der Waals surface area (Å²) < 4.78 is 55.4. The highest BCUT2D eigenvalue weighted by molar-refractivity contribution is 7.92. The average Bonchev–Trinajstić information content (AvgIpc) is 3.52. The van der Waals surface area contributed by atoms with Crippen LogP contribution in [0.5, 0.6) is 0 Å². The van der Waals surface area contributed by atoms with E-state index in [4.69, 9.17) is 0 Å². The van der Waals surface area contributed by atoms with Crippen LogP contribution in [0, 0.1) is 13.8 Å². The van der Waals surface area contributed by atoms with Gasteiger partial charge in [-0.2, -0.15) is 0 Å². The summed E-state index contributed by atoms with van der Waals surface area (Å²) in [5, 5.41) is 3.26. The third kappa shape index (κ3) is 5.41. The summed E-state index contributed by atoms with van der Waals surface area (Å²) in [6.07, 6.45) is 3.65. The molecule has 1 aromatic carbocycles. The molecule has 10 nitrogen and oxygen atoms in total. The lowest BCUT2D eigenvalue weighted by atomic mass is 10.1. The van der Waals surface area contributed by atoms with Crippen molar-refractivity contribution in [3.05, 3.63) is 71.5 Å². The van der Waals surface area contributed by atoms with E-state index < -0.39 is 16.4 Å². The molecular formula is C27H28F2N8O2S. The Balaban J connectivity index is 1.60. The minimum Gasteiger partial charge on any atom is -0.352 e. The van der Waals surface area contributed by atoms with E-state index in [1.165, 1.54) is 7.05 Å². The topological polar surface area (TPSA) is 118 Å². The van der Waals surface area contributed by atoms with Crippen molar-refractivity contribution in [3.8, 4) is 11.3 Å². The van der Waals surface area contributed by atoms with E-state index in [0.29, 0.717) is 46.3 Å². The van der Waals surface area contributed by atoms with Gasteiger partial charge in [0, 0.05) is 44.4 Å². The molecule has 3 aromatic heterocycles. The van der Waals surface area contributed by atoms with Crippen molar-refractivity contribution in [1.29, 1.82) is 0 Å².